The van der Waals surface area contributed by atoms with E-state index in [4.69, 9.17) is 0 Å². The summed E-state index contributed by atoms with van der Waals surface area (Å²) in [6.07, 6.45) is 1.62. The summed E-state index contributed by atoms with van der Waals surface area (Å²) in [6.45, 7) is 8.41. The topological polar surface area (TPSA) is 49.4 Å². The summed E-state index contributed by atoms with van der Waals surface area (Å²) >= 11 is 0. The van der Waals surface area contributed by atoms with E-state index in [1.54, 1.807) is 0 Å². The second-order valence-corrected chi connectivity index (χ2v) is 7.37. The summed E-state index contributed by atoms with van der Waals surface area (Å²) in [7, 11) is 0. The Kier molecular flexibility index (Phi) is 3.31. The molecule has 1 aliphatic heterocycles. The van der Waals surface area contributed by atoms with E-state index in [-0.39, 0.29) is 29.8 Å². The van der Waals surface area contributed by atoms with Crippen LogP contribution in [-0.2, 0) is 9.59 Å². The fraction of sp³-hybridized carbons (Fsp3) is 0.556. The molecule has 2 amide bonds. The van der Waals surface area contributed by atoms with Crippen molar-refractivity contribution in [1.82, 2.24) is 4.90 Å². The molecule has 22 heavy (non-hydrogen) atoms. The van der Waals surface area contributed by atoms with Gasteiger partial charge in [-0.15, -0.1) is 0 Å². The zero-order valence-electron chi connectivity index (χ0n) is 13.8. The molecule has 2 bridgehead atoms. The molecular weight excluding hydrogens is 276 g/mol. The minimum Gasteiger partial charge on any atom is -0.367 e. The van der Waals surface area contributed by atoms with Crippen LogP contribution in [0.15, 0.2) is 24.3 Å². The van der Waals surface area contributed by atoms with E-state index in [9.17, 15) is 9.59 Å². The van der Waals surface area contributed by atoms with Crippen LogP contribution in [0.3, 0.4) is 0 Å². The number of para-hydroxylation sites is 1. The number of nitrogens with zero attached hydrogens (tertiary/aromatic N) is 1. The molecule has 1 N–H and O–H groups in total. The van der Waals surface area contributed by atoms with E-state index in [0.717, 1.165) is 24.1 Å². The van der Waals surface area contributed by atoms with Crippen molar-refractivity contribution in [2.45, 2.75) is 40.5 Å². The van der Waals surface area contributed by atoms with Gasteiger partial charge in [0.1, 0.15) is 0 Å². The van der Waals surface area contributed by atoms with Gasteiger partial charge in [0.15, 0.2) is 0 Å². The van der Waals surface area contributed by atoms with Crippen molar-refractivity contribution in [2.75, 3.05) is 12.0 Å². The van der Waals surface area contributed by atoms with Gasteiger partial charge in [-0.25, -0.2) is 0 Å². The summed E-state index contributed by atoms with van der Waals surface area (Å²) in [4.78, 5) is 27.1. The molecule has 0 unspecified atom stereocenters. The van der Waals surface area contributed by atoms with Crippen molar-refractivity contribution >= 4 is 17.5 Å². The lowest BCUT2D eigenvalue weighted by atomic mass is 9.62. The van der Waals surface area contributed by atoms with Crippen molar-refractivity contribution in [1.29, 1.82) is 0 Å². The number of hydrogen-bond acceptors (Lipinski definition) is 3. The van der Waals surface area contributed by atoms with Crippen molar-refractivity contribution in [3.63, 3.8) is 0 Å². The molecule has 0 aromatic heterocycles. The fourth-order valence-electron chi connectivity index (χ4n) is 3.99. The number of benzene rings is 1. The number of likely N-dealkylation sites (tertiary alicyclic amines) is 1. The number of carbonyl (C=O) groups is 2. The van der Waals surface area contributed by atoms with Crippen LogP contribution in [-0.4, -0.2) is 23.4 Å². The van der Waals surface area contributed by atoms with Crippen LogP contribution in [0.2, 0.25) is 0 Å². The summed E-state index contributed by atoms with van der Waals surface area (Å²) in [6, 6.07) is 7.90. The van der Waals surface area contributed by atoms with Crippen LogP contribution in [0.4, 0.5) is 5.69 Å². The first-order valence-electron chi connectivity index (χ1n) is 7.94. The molecule has 1 heterocycles. The molecule has 2 aliphatic rings. The molecule has 2 atom stereocenters. The molecule has 1 aromatic rings. The van der Waals surface area contributed by atoms with Crippen LogP contribution in [0.5, 0.6) is 0 Å². The quantitative estimate of drug-likeness (QED) is 0.872. The van der Waals surface area contributed by atoms with Gasteiger partial charge in [-0.2, -0.15) is 0 Å². The number of carbonyl (C=O) groups excluding carboxylic acids is 2. The highest BCUT2D eigenvalue weighted by Crippen LogP contribution is 2.59. The van der Waals surface area contributed by atoms with Crippen LogP contribution in [0.1, 0.15) is 39.2 Å². The number of aryl methyl sites for hydroxylation is 1. The minimum absolute atomic E-state index is 0.0222. The van der Waals surface area contributed by atoms with Gasteiger partial charge >= 0.3 is 0 Å². The molecule has 1 aliphatic carbocycles. The lowest BCUT2D eigenvalue weighted by Crippen LogP contribution is -2.60. The average Bonchev–Trinajstić information content (AvgIpc) is 2.65. The average molecular weight is 300 g/mol. The zero-order valence-corrected chi connectivity index (χ0v) is 13.8. The molecule has 1 aromatic carbocycles. The van der Waals surface area contributed by atoms with E-state index in [0.29, 0.717) is 0 Å². The molecular formula is C18H24N2O2. The molecule has 0 spiro atoms. The Morgan fingerprint density at radius 3 is 2.59 bits per heavy atom. The Morgan fingerprint density at radius 2 is 1.91 bits per heavy atom. The van der Waals surface area contributed by atoms with E-state index >= 15 is 0 Å². The van der Waals surface area contributed by atoms with Crippen LogP contribution in [0.25, 0.3) is 0 Å². The Morgan fingerprint density at radius 1 is 1.23 bits per heavy atom. The first-order chi connectivity index (χ1) is 10.3. The van der Waals surface area contributed by atoms with E-state index in [2.05, 4.69) is 19.2 Å². The van der Waals surface area contributed by atoms with E-state index in [1.807, 2.05) is 38.1 Å². The molecule has 4 nitrogen and oxygen atoms in total. The van der Waals surface area contributed by atoms with Gasteiger partial charge in [0, 0.05) is 11.6 Å². The Bertz CT molecular complexity index is 638. The van der Waals surface area contributed by atoms with E-state index < -0.39 is 5.41 Å². The standard InChI is InChI=1S/C18H24N2O2/c1-12-7-5-6-8-14(12)19-11-20-15(21)13-9-10-18(4,16(20)22)17(13,2)3/h5-8,13,19H,9-11H2,1-4H3/t13-,18+/m0/s1. The number of anilines is 1. The summed E-state index contributed by atoms with van der Waals surface area (Å²) in [5.74, 6) is -0.0998. The fourth-order valence-corrected chi connectivity index (χ4v) is 3.99. The molecule has 1 saturated heterocycles. The molecule has 118 valence electrons. The monoisotopic (exact) mass is 300 g/mol. The summed E-state index contributed by atoms with van der Waals surface area (Å²) < 4.78 is 0. The maximum atomic E-state index is 12.9. The van der Waals surface area contributed by atoms with Gasteiger partial charge < -0.3 is 5.32 Å². The van der Waals surface area contributed by atoms with Gasteiger partial charge in [-0.05, 0) is 36.8 Å². The number of hydrogen-bond donors (Lipinski definition) is 1. The number of fused-ring (bicyclic) bond motifs is 2. The first kappa shape index (κ1) is 15.1. The number of amides is 2. The normalized spacial score (nSPS) is 29.8. The minimum atomic E-state index is -0.432. The molecule has 3 rings (SSSR count). The van der Waals surface area contributed by atoms with Gasteiger partial charge in [0.05, 0.1) is 12.1 Å². The van der Waals surface area contributed by atoms with Crippen molar-refractivity contribution in [3.05, 3.63) is 29.8 Å². The van der Waals surface area contributed by atoms with Crippen molar-refractivity contribution < 1.29 is 9.59 Å². The zero-order chi connectivity index (χ0) is 16.1. The highest BCUT2D eigenvalue weighted by molar-refractivity contribution is 6.04. The second kappa shape index (κ2) is 4.83. The maximum Gasteiger partial charge on any atom is 0.237 e. The second-order valence-electron chi connectivity index (χ2n) is 7.37. The van der Waals surface area contributed by atoms with Gasteiger partial charge in [0.25, 0.3) is 0 Å². The highest BCUT2D eigenvalue weighted by atomic mass is 16.2. The van der Waals surface area contributed by atoms with Gasteiger partial charge in [-0.3, -0.25) is 14.5 Å². The van der Waals surface area contributed by atoms with Crippen LogP contribution >= 0.6 is 0 Å². The predicted octanol–water partition coefficient (Wildman–Crippen LogP) is 3.18. The lowest BCUT2D eigenvalue weighted by Gasteiger charge is -2.47. The van der Waals surface area contributed by atoms with Crippen LogP contribution in [0, 0.1) is 23.7 Å². The number of imide groups is 1. The van der Waals surface area contributed by atoms with E-state index in [1.165, 1.54) is 4.90 Å². The third kappa shape index (κ3) is 1.89. The molecule has 1 saturated carbocycles. The Balaban J connectivity index is 1.83. The lowest BCUT2D eigenvalue weighted by molar-refractivity contribution is -0.167. The highest BCUT2D eigenvalue weighted by Gasteiger charge is 2.64. The summed E-state index contributed by atoms with van der Waals surface area (Å²) in [5, 5.41) is 3.24. The number of rotatable bonds is 3. The summed E-state index contributed by atoms with van der Waals surface area (Å²) in [5.41, 5.74) is 1.39. The molecule has 4 heteroatoms. The number of nitrogens with one attached hydrogen (secondary N) is 1. The van der Waals surface area contributed by atoms with Crippen molar-refractivity contribution in [2.24, 2.45) is 16.7 Å². The van der Waals surface area contributed by atoms with Gasteiger partial charge in [0.2, 0.25) is 11.8 Å². The first-order valence-corrected chi connectivity index (χ1v) is 7.94. The SMILES string of the molecule is Cc1ccccc1NCN1C(=O)[C@@H]2CC[C@](C)(C1=O)C2(C)C. The molecule has 0 radical (unpaired) electrons. The molecule has 2 fully saturated rings. The predicted molar refractivity (Wildman–Crippen MR) is 86.1 cm³/mol. The third-order valence-electron chi connectivity index (χ3n) is 6.08. The largest absolute Gasteiger partial charge is 0.367 e. The smallest absolute Gasteiger partial charge is 0.237 e. The Hall–Kier alpha value is -1.84. The maximum absolute atomic E-state index is 12.9. The Labute approximate surface area is 131 Å². The third-order valence-corrected chi connectivity index (χ3v) is 6.08. The number of piperidine rings is 1. The van der Waals surface area contributed by atoms with Crippen molar-refractivity contribution in [3.8, 4) is 0 Å². The van der Waals surface area contributed by atoms with Crippen LogP contribution < -0.4 is 5.32 Å². The van der Waals surface area contributed by atoms with Gasteiger partial charge in [-0.1, -0.05) is 39.0 Å².